The van der Waals surface area contributed by atoms with E-state index in [2.05, 4.69) is 0 Å². The van der Waals surface area contributed by atoms with Gasteiger partial charge in [-0.2, -0.15) is 0 Å². The van der Waals surface area contributed by atoms with Gasteiger partial charge in [0.1, 0.15) is 0 Å². The Kier molecular flexibility index (Phi) is 3.26. The SMILES string of the molecule is COCCC1C=CC(O)(O)CC1. The number of rotatable bonds is 3. The first kappa shape index (κ1) is 9.71. The van der Waals surface area contributed by atoms with Crippen LogP contribution in [0.15, 0.2) is 12.2 Å². The Morgan fingerprint density at radius 2 is 2.33 bits per heavy atom. The summed E-state index contributed by atoms with van der Waals surface area (Å²) >= 11 is 0. The molecule has 2 N–H and O–H groups in total. The van der Waals surface area contributed by atoms with E-state index >= 15 is 0 Å². The van der Waals surface area contributed by atoms with E-state index in [9.17, 15) is 0 Å². The fourth-order valence-electron chi connectivity index (χ4n) is 1.38. The molecule has 1 atom stereocenters. The van der Waals surface area contributed by atoms with Gasteiger partial charge in [-0.1, -0.05) is 6.08 Å². The summed E-state index contributed by atoms with van der Waals surface area (Å²) in [6.07, 6.45) is 5.55. The van der Waals surface area contributed by atoms with E-state index in [1.54, 1.807) is 7.11 Å². The van der Waals surface area contributed by atoms with Gasteiger partial charge in [0.15, 0.2) is 5.79 Å². The third-order valence-corrected chi connectivity index (χ3v) is 2.21. The van der Waals surface area contributed by atoms with Crippen LogP contribution in [0.1, 0.15) is 19.3 Å². The molecule has 0 saturated heterocycles. The molecule has 3 nitrogen and oxygen atoms in total. The van der Waals surface area contributed by atoms with Gasteiger partial charge in [0.05, 0.1) is 0 Å². The van der Waals surface area contributed by atoms with Crippen molar-refractivity contribution >= 4 is 0 Å². The Balaban J connectivity index is 2.33. The van der Waals surface area contributed by atoms with Crippen molar-refractivity contribution in [1.82, 2.24) is 0 Å². The summed E-state index contributed by atoms with van der Waals surface area (Å²) in [5.74, 6) is -1.12. The average molecular weight is 172 g/mol. The molecule has 0 aliphatic heterocycles. The van der Waals surface area contributed by atoms with Gasteiger partial charge in [-0.15, -0.1) is 0 Å². The summed E-state index contributed by atoms with van der Waals surface area (Å²) in [5.41, 5.74) is 0. The summed E-state index contributed by atoms with van der Waals surface area (Å²) in [4.78, 5) is 0. The van der Waals surface area contributed by atoms with Crippen LogP contribution in [0.4, 0.5) is 0 Å². The minimum Gasteiger partial charge on any atom is -0.385 e. The third kappa shape index (κ3) is 2.93. The molecule has 1 aliphatic rings. The van der Waals surface area contributed by atoms with E-state index in [0.717, 1.165) is 19.4 Å². The molecule has 1 unspecified atom stereocenters. The van der Waals surface area contributed by atoms with Gasteiger partial charge in [0.2, 0.25) is 0 Å². The topological polar surface area (TPSA) is 49.7 Å². The molecule has 1 rings (SSSR count). The van der Waals surface area contributed by atoms with Crippen molar-refractivity contribution in [3.8, 4) is 0 Å². The van der Waals surface area contributed by atoms with Crippen molar-refractivity contribution in [2.24, 2.45) is 5.92 Å². The lowest BCUT2D eigenvalue weighted by atomic mass is 9.90. The molecule has 70 valence electrons. The number of aliphatic hydroxyl groups is 2. The maximum absolute atomic E-state index is 9.16. The highest BCUT2D eigenvalue weighted by Gasteiger charge is 2.24. The lowest BCUT2D eigenvalue weighted by Gasteiger charge is -2.25. The van der Waals surface area contributed by atoms with Crippen LogP contribution in [0.2, 0.25) is 0 Å². The normalized spacial score (nSPS) is 27.4. The average Bonchev–Trinajstić information content (AvgIpc) is 2.03. The van der Waals surface area contributed by atoms with Crippen LogP contribution in [-0.2, 0) is 4.74 Å². The zero-order valence-electron chi connectivity index (χ0n) is 7.36. The highest BCUT2D eigenvalue weighted by molar-refractivity contribution is 5.02. The van der Waals surface area contributed by atoms with E-state index in [1.807, 2.05) is 6.08 Å². The summed E-state index contributed by atoms with van der Waals surface area (Å²) in [6, 6.07) is 0. The quantitative estimate of drug-likeness (QED) is 0.486. The second kappa shape index (κ2) is 4.03. The molecule has 0 fully saturated rings. The van der Waals surface area contributed by atoms with Crippen molar-refractivity contribution in [1.29, 1.82) is 0 Å². The van der Waals surface area contributed by atoms with Gasteiger partial charge in [0.25, 0.3) is 0 Å². The standard InChI is InChI=1S/C9H16O3/c1-12-7-4-8-2-5-9(10,11)6-3-8/h2,5,8,10-11H,3-4,6-7H2,1H3. The zero-order valence-corrected chi connectivity index (χ0v) is 7.36. The lowest BCUT2D eigenvalue weighted by Crippen LogP contribution is -2.29. The molecule has 12 heavy (non-hydrogen) atoms. The predicted molar refractivity (Wildman–Crippen MR) is 45.5 cm³/mol. The first-order chi connectivity index (χ1) is 5.64. The van der Waals surface area contributed by atoms with Crippen molar-refractivity contribution < 1.29 is 14.9 Å². The van der Waals surface area contributed by atoms with E-state index < -0.39 is 5.79 Å². The van der Waals surface area contributed by atoms with Crippen molar-refractivity contribution in [3.63, 3.8) is 0 Å². The van der Waals surface area contributed by atoms with E-state index in [0.29, 0.717) is 12.3 Å². The molecule has 1 aliphatic carbocycles. The van der Waals surface area contributed by atoms with Crippen LogP contribution in [0.25, 0.3) is 0 Å². The van der Waals surface area contributed by atoms with Crippen LogP contribution in [0.5, 0.6) is 0 Å². The van der Waals surface area contributed by atoms with Crippen molar-refractivity contribution in [3.05, 3.63) is 12.2 Å². The van der Waals surface area contributed by atoms with Gasteiger partial charge in [-0.3, -0.25) is 0 Å². The maximum Gasteiger partial charge on any atom is 0.182 e. The smallest absolute Gasteiger partial charge is 0.182 e. The largest absolute Gasteiger partial charge is 0.385 e. The van der Waals surface area contributed by atoms with Crippen molar-refractivity contribution in [2.75, 3.05) is 13.7 Å². The molecular formula is C9H16O3. The minimum absolute atomic E-state index is 0.428. The van der Waals surface area contributed by atoms with Gasteiger partial charge in [-0.05, 0) is 24.8 Å². The number of allylic oxidation sites excluding steroid dienone is 1. The maximum atomic E-state index is 9.16. The Morgan fingerprint density at radius 1 is 1.58 bits per heavy atom. The van der Waals surface area contributed by atoms with Gasteiger partial charge in [0, 0.05) is 20.1 Å². The van der Waals surface area contributed by atoms with Gasteiger partial charge < -0.3 is 14.9 Å². The highest BCUT2D eigenvalue weighted by atomic mass is 16.5. The lowest BCUT2D eigenvalue weighted by molar-refractivity contribution is -0.129. The molecule has 0 spiro atoms. The highest BCUT2D eigenvalue weighted by Crippen LogP contribution is 2.25. The molecule has 3 heteroatoms. The Labute approximate surface area is 72.7 Å². The fraction of sp³-hybridized carbons (Fsp3) is 0.778. The Bertz CT molecular complexity index is 163. The Hall–Kier alpha value is -0.380. The number of ether oxygens (including phenoxy) is 1. The van der Waals surface area contributed by atoms with Gasteiger partial charge in [-0.25, -0.2) is 0 Å². The molecule has 0 bridgehead atoms. The number of hydrogen-bond acceptors (Lipinski definition) is 3. The molecular weight excluding hydrogens is 156 g/mol. The van der Waals surface area contributed by atoms with E-state index in [1.165, 1.54) is 6.08 Å². The summed E-state index contributed by atoms with van der Waals surface area (Å²) in [6.45, 7) is 0.735. The molecule has 0 saturated carbocycles. The molecule has 0 heterocycles. The second-order valence-corrected chi connectivity index (χ2v) is 3.32. The molecule has 0 radical (unpaired) electrons. The summed E-state index contributed by atoms with van der Waals surface area (Å²) in [7, 11) is 1.68. The minimum atomic E-state index is -1.57. The first-order valence-electron chi connectivity index (χ1n) is 4.27. The van der Waals surface area contributed by atoms with Crippen LogP contribution in [0.3, 0.4) is 0 Å². The second-order valence-electron chi connectivity index (χ2n) is 3.32. The van der Waals surface area contributed by atoms with Crippen molar-refractivity contribution in [2.45, 2.75) is 25.0 Å². The zero-order chi connectivity index (χ0) is 9.03. The fourth-order valence-corrected chi connectivity index (χ4v) is 1.38. The summed E-state index contributed by atoms with van der Waals surface area (Å²) in [5, 5.41) is 18.3. The molecule has 0 aromatic heterocycles. The van der Waals surface area contributed by atoms with Crippen LogP contribution in [-0.4, -0.2) is 29.7 Å². The number of methoxy groups -OCH3 is 1. The third-order valence-electron chi connectivity index (χ3n) is 2.21. The predicted octanol–water partition coefficient (Wildman–Crippen LogP) is 0.670. The van der Waals surface area contributed by atoms with Crippen LogP contribution in [0, 0.1) is 5.92 Å². The number of hydrogen-bond donors (Lipinski definition) is 2. The van der Waals surface area contributed by atoms with Crippen LogP contribution < -0.4 is 0 Å². The Morgan fingerprint density at radius 3 is 2.83 bits per heavy atom. The molecule has 0 amide bonds. The summed E-state index contributed by atoms with van der Waals surface area (Å²) < 4.78 is 4.94. The molecule has 0 aromatic rings. The van der Waals surface area contributed by atoms with E-state index in [-0.39, 0.29) is 0 Å². The van der Waals surface area contributed by atoms with Crippen LogP contribution >= 0.6 is 0 Å². The first-order valence-corrected chi connectivity index (χ1v) is 4.27. The van der Waals surface area contributed by atoms with Gasteiger partial charge >= 0.3 is 0 Å². The molecule has 0 aromatic carbocycles. The van der Waals surface area contributed by atoms with E-state index in [4.69, 9.17) is 14.9 Å². The monoisotopic (exact) mass is 172 g/mol.